The first-order valence-electron chi connectivity index (χ1n) is 6.63. The van der Waals surface area contributed by atoms with Gasteiger partial charge in [-0.05, 0) is 20.0 Å². The molecule has 0 aliphatic heterocycles. The van der Waals surface area contributed by atoms with Crippen LogP contribution in [0, 0.1) is 6.92 Å². The number of hydrogen-bond donors (Lipinski definition) is 1. The first-order valence-corrected chi connectivity index (χ1v) is 7.00. The number of H-pyrrole nitrogens is 1. The van der Waals surface area contributed by atoms with Crippen LogP contribution < -0.4 is 9.47 Å². The molecule has 0 saturated heterocycles. The van der Waals surface area contributed by atoms with Gasteiger partial charge in [0, 0.05) is 41.0 Å². The molecule has 2 aromatic rings. The van der Waals surface area contributed by atoms with Crippen LogP contribution in [0.1, 0.15) is 16.8 Å². The Hall–Kier alpha value is -1.72. The van der Waals surface area contributed by atoms with Crippen LogP contribution in [0.4, 0.5) is 0 Å². The third-order valence-electron chi connectivity index (χ3n) is 3.34. The number of aryl methyl sites for hydroxylation is 1. The molecule has 0 fully saturated rings. The van der Waals surface area contributed by atoms with Crippen LogP contribution in [0.5, 0.6) is 11.5 Å². The smallest absolute Gasteiger partial charge is 0.165 e. The molecule has 0 atom stereocenters. The van der Waals surface area contributed by atoms with Crippen LogP contribution >= 0.6 is 11.6 Å². The maximum Gasteiger partial charge on any atom is 0.165 e. The molecule has 114 valence electrons. The van der Waals surface area contributed by atoms with Crippen molar-refractivity contribution in [2.24, 2.45) is 0 Å². The van der Waals surface area contributed by atoms with Gasteiger partial charge in [-0.3, -0.25) is 10.00 Å². The van der Waals surface area contributed by atoms with E-state index in [0.717, 1.165) is 23.6 Å². The van der Waals surface area contributed by atoms with E-state index in [1.165, 1.54) is 5.56 Å². The Bertz CT molecular complexity index is 613. The Labute approximate surface area is 129 Å². The number of nitrogens with zero attached hydrogens (tertiary/aromatic N) is 2. The number of aromatic nitrogens is 2. The first-order chi connectivity index (χ1) is 10.0. The summed E-state index contributed by atoms with van der Waals surface area (Å²) in [4.78, 5) is 2.17. The van der Waals surface area contributed by atoms with Crippen molar-refractivity contribution in [1.29, 1.82) is 0 Å². The summed E-state index contributed by atoms with van der Waals surface area (Å²) in [6.45, 7) is 3.50. The second-order valence-electron chi connectivity index (χ2n) is 4.99. The molecule has 1 heterocycles. The fourth-order valence-electron chi connectivity index (χ4n) is 2.30. The van der Waals surface area contributed by atoms with Gasteiger partial charge in [0.05, 0.1) is 20.4 Å². The lowest BCUT2D eigenvalue weighted by Gasteiger charge is -2.19. The molecule has 1 aromatic carbocycles. The van der Waals surface area contributed by atoms with Crippen LogP contribution in [0.2, 0.25) is 5.02 Å². The number of ether oxygens (including phenoxy) is 2. The van der Waals surface area contributed by atoms with Crippen molar-refractivity contribution in [3.05, 3.63) is 40.2 Å². The Balaban J connectivity index is 2.18. The molecule has 0 saturated carbocycles. The summed E-state index contributed by atoms with van der Waals surface area (Å²) >= 11 is 6.14. The highest BCUT2D eigenvalue weighted by Gasteiger charge is 2.14. The molecular weight excluding hydrogens is 290 g/mol. The molecular formula is C15H20ClN3O2. The summed E-state index contributed by atoms with van der Waals surface area (Å²) in [6, 6.07) is 3.66. The summed E-state index contributed by atoms with van der Waals surface area (Å²) in [7, 11) is 5.28. The molecule has 1 N–H and O–H groups in total. The highest BCUT2D eigenvalue weighted by Crippen LogP contribution is 2.35. The molecule has 0 aliphatic carbocycles. The summed E-state index contributed by atoms with van der Waals surface area (Å²) < 4.78 is 10.8. The van der Waals surface area contributed by atoms with Gasteiger partial charge in [0.2, 0.25) is 0 Å². The van der Waals surface area contributed by atoms with Crippen molar-refractivity contribution >= 4 is 11.6 Å². The van der Waals surface area contributed by atoms with E-state index < -0.39 is 0 Å². The monoisotopic (exact) mass is 309 g/mol. The summed E-state index contributed by atoms with van der Waals surface area (Å²) in [5.74, 6) is 1.37. The molecule has 0 aliphatic rings. The molecule has 2 rings (SSSR count). The zero-order valence-electron chi connectivity index (χ0n) is 12.7. The van der Waals surface area contributed by atoms with Gasteiger partial charge < -0.3 is 9.47 Å². The number of aromatic amines is 1. The van der Waals surface area contributed by atoms with Crippen LogP contribution in [0.3, 0.4) is 0 Å². The highest BCUT2D eigenvalue weighted by atomic mass is 35.5. The summed E-state index contributed by atoms with van der Waals surface area (Å²) in [6.07, 6.45) is 1.85. The third-order valence-corrected chi connectivity index (χ3v) is 3.55. The summed E-state index contributed by atoms with van der Waals surface area (Å²) in [5, 5.41) is 7.62. The molecule has 21 heavy (non-hydrogen) atoms. The third kappa shape index (κ3) is 3.68. The molecule has 1 aromatic heterocycles. The molecule has 0 bridgehead atoms. The quantitative estimate of drug-likeness (QED) is 0.891. The fraction of sp³-hybridized carbons (Fsp3) is 0.400. The Morgan fingerprint density at radius 2 is 1.90 bits per heavy atom. The van der Waals surface area contributed by atoms with Crippen LogP contribution in [-0.2, 0) is 13.1 Å². The molecule has 6 heteroatoms. The number of rotatable bonds is 6. The van der Waals surface area contributed by atoms with E-state index in [4.69, 9.17) is 21.1 Å². The predicted molar refractivity (Wildman–Crippen MR) is 83.1 cm³/mol. The van der Waals surface area contributed by atoms with Gasteiger partial charge in [0.1, 0.15) is 0 Å². The predicted octanol–water partition coefficient (Wildman–Crippen LogP) is 3.02. The van der Waals surface area contributed by atoms with Gasteiger partial charge in [0.25, 0.3) is 0 Å². The van der Waals surface area contributed by atoms with Crippen molar-refractivity contribution in [3.8, 4) is 11.5 Å². The fourth-order valence-corrected chi connectivity index (χ4v) is 2.53. The van der Waals surface area contributed by atoms with Gasteiger partial charge in [-0.15, -0.1) is 0 Å². The zero-order valence-corrected chi connectivity index (χ0v) is 13.5. The van der Waals surface area contributed by atoms with Crippen molar-refractivity contribution in [2.45, 2.75) is 20.0 Å². The average molecular weight is 310 g/mol. The first kappa shape index (κ1) is 15.7. The van der Waals surface area contributed by atoms with Gasteiger partial charge >= 0.3 is 0 Å². The normalized spacial score (nSPS) is 11.0. The molecule has 0 spiro atoms. The minimum Gasteiger partial charge on any atom is -0.493 e. The van der Waals surface area contributed by atoms with Gasteiger partial charge in [-0.25, -0.2) is 0 Å². The summed E-state index contributed by atoms with van der Waals surface area (Å²) in [5.41, 5.74) is 3.24. The van der Waals surface area contributed by atoms with Crippen LogP contribution in [0.15, 0.2) is 18.3 Å². The van der Waals surface area contributed by atoms with Crippen molar-refractivity contribution in [1.82, 2.24) is 15.1 Å². The SMILES string of the molecule is COc1cc(Cl)cc(CN(C)Cc2cn[nH]c2C)c1OC. The van der Waals surface area contributed by atoms with E-state index in [1.54, 1.807) is 20.3 Å². The van der Waals surface area contributed by atoms with Gasteiger partial charge in [0.15, 0.2) is 11.5 Å². The van der Waals surface area contributed by atoms with E-state index in [9.17, 15) is 0 Å². The number of nitrogens with one attached hydrogen (secondary N) is 1. The van der Waals surface area contributed by atoms with E-state index >= 15 is 0 Å². The second kappa shape index (κ2) is 6.83. The van der Waals surface area contributed by atoms with E-state index in [1.807, 2.05) is 26.2 Å². The lowest BCUT2D eigenvalue weighted by molar-refractivity contribution is 0.303. The van der Waals surface area contributed by atoms with Crippen molar-refractivity contribution in [2.75, 3.05) is 21.3 Å². The largest absolute Gasteiger partial charge is 0.493 e. The second-order valence-corrected chi connectivity index (χ2v) is 5.43. The number of hydrogen-bond acceptors (Lipinski definition) is 4. The number of halogens is 1. The van der Waals surface area contributed by atoms with E-state index in [0.29, 0.717) is 17.3 Å². The van der Waals surface area contributed by atoms with Gasteiger partial charge in [-0.1, -0.05) is 11.6 Å². The number of methoxy groups -OCH3 is 2. The zero-order chi connectivity index (χ0) is 15.4. The Morgan fingerprint density at radius 1 is 1.19 bits per heavy atom. The molecule has 0 radical (unpaired) electrons. The van der Waals surface area contributed by atoms with E-state index in [-0.39, 0.29) is 0 Å². The standard InChI is InChI=1S/C15H20ClN3O2/c1-10-12(7-17-18-10)9-19(2)8-11-5-13(16)6-14(20-3)15(11)21-4/h5-7H,8-9H2,1-4H3,(H,17,18). The average Bonchev–Trinajstić information content (AvgIpc) is 2.83. The molecule has 0 amide bonds. The van der Waals surface area contributed by atoms with Crippen LogP contribution in [-0.4, -0.2) is 36.4 Å². The lowest BCUT2D eigenvalue weighted by atomic mass is 10.1. The maximum atomic E-state index is 6.14. The van der Waals surface area contributed by atoms with Crippen molar-refractivity contribution in [3.63, 3.8) is 0 Å². The lowest BCUT2D eigenvalue weighted by Crippen LogP contribution is -2.18. The Morgan fingerprint density at radius 3 is 2.48 bits per heavy atom. The topological polar surface area (TPSA) is 50.4 Å². The Kier molecular flexibility index (Phi) is 5.09. The minimum absolute atomic E-state index is 0.635. The van der Waals surface area contributed by atoms with Gasteiger partial charge in [-0.2, -0.15) is 5.10 Å². The number of benzene rings is 1. The van der Waals surface area contributed by atoms with E-state index in [2.05, 4.69) is 15.1 Å². The molecule has 0 unspecified atom stereocenters. The van der Waals surface area contributed by atoms with Crippen molar-refractivity contribution < 1.29 is 9.47 Å². The minimum atomic E-state index is 0.635. The van der Waals surface area contributed by atoms with Crippen LogP contribution in [0.25, 0.3) is 0 Å². The maximum absolute atomic E-state index is 6.14. The molecule has 5 nitrogen and oxygen atoms in total. The highest BCUT2D eigenvalue weighted by molar-refractivity contribution is 6.30.